The van der Waals surface area contributed by atoms with E-state index in [0.29, 0.717) is 6.54 Å². The Bertz CT molecular complexity index is 228. The Balaban J connectivity index is 4.12. The third-order valence-corrected chi connectivity index (χ3v) is 2.57. The third kappa shape index (κ3) is 5.73. The van der Waals surface area contributed by atoms with E-state index in [2.05, 4.69) is 11.7 Å². The summed E-state index contributed by atoms with van der Waals surface area (Å²) in [6.45, 7) is 6.61. The number of unbranched alkanes of at least 4 members (excludes halogenated alkanes) is 2. The molecule has 94 valence electrons. The van der Waals surface area contributed by atoms with Crippen LogP contribution in [0.2, 0.25) is 0 Å². The van der Waals surface area contributed by atoms with E-state index < -0.39 is 0 Å². The Morgan fingerprint density at radius 2 is 1.94 bits per heavy atom. The highest BCUT2D eigenvalue weighted by Crippen LogP contribution is 2.05. The highest BCUT2D eigenvalue weighted by Gasteiger charge is 2.18. The van der Waals surface area contributed by atoms with E-state index in [9.17, 15) is 9.59 Å². The molecule has 0 heterocycles. The average Bonchev–Trinajstić information content (AvgIpc) is 2.26. The van der Waals surface area contributed by atoms with Crippen LogP contribution in [0.3, 0.4) is 0 Å². The molecule has 0 aliphatic rings. The molecule has 0 fully saturated rings. The molecule has 4 nitrogen and oxygen atoms in total. The van der Waals surface area contributed by atoms with Gasteiger partial charge in [-0.15, -0.1) is 0 Å². The van der Waals surface area contributed by atoms with E-state index in [1.165, 1.54) is 14.0 Å². The topological polar surface area (TPSA) is 46.6 Å². The molecule has 0 spiro atoms. The second-order valence-corrected chi connectivity index (χ2v) is 4.10. The molecule has 0 bridgehead atoms. The minimum Gasteiger partial charge on any atom is -0.469 e. The zero-order valence-electron chi connectivity index (χ0n) is 10.8. The van der Waals surface area contributed by atoms with Crippen molar-refractivity contribution in [3.8, 4) is 0 Å². The van der Waals surface area contributed by atoms with Crippen LogP contribution in [0.5, 0.6) is 0 Å². The lowest BCUT2D eigenvalue weighted by molar-refractivity contribution is -0.146. The molecule has 0 aliphatic carbocycles. The van der Waals surface area contributed by atoms with Crippen LogP contribution in [0.4, 0.5) is 0 Å². The lowest BCUT2D eigenvalue weighted by Gasteiger charge is -2.23. The number of methoxy groups -OCH3 is 1. The number of nitrogens with zero attached hydrogens (tertiary/aromatic N) is 1. The van der Waals surface area contributed by atoms with Gasteiger partial charge in [0.25, 0.3) is 0 Å². The fourth-order valence-corrected chi connectivity index (χ4v) is 1.54. The predicted molar refractivity (Wildman–Crippen MR) is 63.0 cm³/mol. The molecule has 1 unspecified atom stereocenters. The summed E-state index contributed by atoms with van der Waals surface area (Å²) in [4.78, 5) is 24.3. The van der Waals surface area contributed by atoms with Crippen LogP contribution in [0.25, 0.3) is 0 Å². The quantitative estimate of drug-likeness (QED) is 0.494. The number of rotatable bonds is 7. The number of hydrogen-bond donors (Lipinski definition) is 0. The van der Waals surface area contributed by atoms with Crippen LogP contribution >= 0.6 is 0 Å². The lowest BCUT2D eigenvalue weighted by atomic mass is 10.1. The Hall–Kier alpha value is -1.06. The van der Waals surface area contributed by atoms with Gasteiger partial charge in [0.05, 0.1) is 13.0 Å². The fourth-order valence-electron chi connectivity index (χ4n) is 1.54. The van der Waals surface area contributed by atoms with E-state index in [1.807, 2.05) is 0 Å². The van der Waals surface area contributed by atoms with Crippen LogP contribution in [-0.2, 0) is 14.3 Å². The lowest BCUT2D eigenvalue weighted by Crippen LogP contribution is -2.36. The summed E-state index contributed by atoms with van der Waals surface area (Å²) in [5.74, 6) is -0.496. The second kappa shape index (κ2) is 8.13. The Labute approximate surface area is 98.0 Å². The molecule has 0 N–H and O–H groups in total. The number of carbonyl (C=O) groups is 2. The van der Waals surface area contributed by atoms with Crippen LogP contribution in [-0.4, -0.2) is 37.0 Å². The smallest absolute Gasteiger partial charge is 0.310 e. The highest BCUT2D eigenvalue weighted by molar-refractivity contribution is 5.76. The molecule has 1 atom stereocenters. The summed E-state index contributed by atoms with van der Waals surface area (Å²) in [5, 5.41) is 0. The summed E-state index contributed by atoms with van der Waals surface area (Å²) >= 11 is 0. The first kappa shape index (κ1) is 14.9. The normalized spacial score (nSPS) is 12.0. The van der Waals surface area contributed by atoms with Gasteiger partial charge in [0.1, 0.15) is 0 Å². The zero-order valence-corrected chi connectivity index (χ0v) is 10.8. The van der Waals surface area contributed by atoms with E-state index >= 15 is 0 Å². The summed E-state index contributed by atoms with van der Waals surface area (Å²) in [6.07, 6.45) is 3.22. The van der Waals surface area contributed by atoms with Gasteiger partial charge in [-0.2, -0.15) is 0 Å². The standard InChI is InChI=1S/C12H23NO3/c1-5-6-7-8-13(11(3)14)9-10(2)12(15)16-4/h10H,5-9H2,1-4H3. The van der Waals surface area contributed by atoms with Gasteiger partial charge < -0.3 is 9.64 Å². The van der Waals surface area contributed by atoms with Gasteiger partial charge in [0.2, 0.25) is 5.91 Å². The van der Waals surface area contributed by atoms with Crippen LogP contribution < -0.4 is 0 Å². The van der Waals surface area contributed by atoms with Crippen molar-refractivity contribution in [1.82, 2.24) is 4.90 Å². The number of carbonyl (C=O) groups excluding carboxylic acids is 2. The van der Waals surface area contributed by atoms with Gasteiger partial charge >= 0.3 is 5.97 Å². The van der Waals surface area contributed by atoms with E-state index in [1.54, 1.807) is 11.8 Å². The van der Waals surface area contributed by atoms with E-state index in [-0.39, 0.29) is 17.8 Å². The van der Waals surface area contributed by atoms with Crippen molar-refractivity contribution < 1.29 is 14.3 Å². The second-order valence-electron chi connectivity index (χ2n) is 4.10. The molecule has 4 heteroatoms. The molecule has 16 heavy (non-hydrogen) atoms. The van der Waals surface area contributed by atoms with Crippen molar-refractivity contribution in [1.29, 1.82) is 0 Å². The molecule has 0 radical (unpaired) electrons. The van der Waals surface area contributed by atoms with Crippen molar-refractivity contribution in [2.45, 2.75) is 40.0 Å². The van der Waals surface area contributed by atoms with Crippen molar-refractivity contribution in [3.63, 3.8) is 0 Å². The maximum Gasteiger partial charge on any atom is 0.310 e. The van der Waals surface area contributed by atoms with Crippen molar-refractivity contribution in [2.24, 2.45) is 5.92 Å². The Kier molecular flexibility index (Phi) is 7.60. The largest absolute Gasteiger partial charge is 0.469 e. The Morgan fingerprint density at radius 1 is 1.31 bits per heavy atom. The molecule has 0 rings (SSSR count). The van der Waals surface area contributed by atoms with Gasteiger partial charge in [-0.3, -0.25) is 9.59 Å². The molecule has 0 saturated heterocycles. The highest BCUT2D eigenvalue weighted by atomic mass is 16.5. The molecular formula is C12H23NO3. The first-order valence-electron chi connectivity index (χ1n) is 5.86. The molecule has 0 aromatic carbocycles. The number of hydrogen-bond acceptors (Lipinski definition) is 3. The van der Waals surface area contributed by atoms with Gasteiger partial charge in [-0.05, 0) is 6.42 Å². The summed E-state index contributed by atoms with van der Waals surface area (Å²) in [6, 6.07) is 0. The van der Waals surface area contributed by atoms with Gasteiger partial charge in [-0.25, -0.2) is 0 Å². The maximum atomic E-state index is 11.4. The van der Waals surface area contributed by atoms with Gasteiger partial charge in [0.15, 0.2) is 0 Å². The molecule has 0 aliphatic heterocycles. The first-order valence-corrected chi connectivity index (χ1v) is 5.86. The van der Waals surface area contributed by atoms with Crippen LogP contribution in [0, 0.1) is 5.92 Å². The number of ether oxygens (including phenoxy) is 1. The number of esters is 1. The molecular weight excluding hydrogens is 206 g/mol. The van der Waals surface area contributed by atoms with Gasteiger partial charge in [-0.1, -0.05) is 26.7 Å². The van der Waals surface area contributed by atoms with Crippen LogP contribution in [0.15, 0.2) is 0 Å². The third-order valence-electron chi connectivity index (χ3n) is 2.57. The monoisotopic (exact) mass is 229 g/mol. The average molecular weight is 229 g/mol. The van der Waals surface area contributed by atoms with Crippen molar-refractivity contribution in [3.05, 3.63) is 0 Å². The Morgan fingerprint density at radius 3 is 2.38 bits per heavy atom. The summed E-state index contributed by atoms with van der Waals surface area (Å²) < 4.78 is 4.64. The molecule has 0 aromatic heterocycles. The predicted octanol–water partition coefficient (Wildman–Crippen LogP) is 1.83. The van der Waals surface area contributed by atoms with Crippen molar-refractivity contribution >= 4 is 11.9 Å². The SMILES string of the molecule is CCCCCN(CC(C)C(=O)OC)C(C)=O. The minimum absolute atomic E-state index is 0.0202. The van der Waals surface area contributed by atoms with Crippen molar-refractivity contribution in [2.75, 3.05) is 20.2 Å². The zero-order chi connectivity index (χ0) is 12.6. The van der Waals surface area contributed by atoms with Crippen LogP contribution in [0.1, 0.15) is 40.0 Å². The first-order chi connectivity index (χ1) is 7.52. The summed E-state index contributed by atoms with van der Waals surface area (Å²) in [7, 11) is 1.37. The minimum atomic E-state index is -0.262. The fraction of sp³-hybridized carbons (Fsp3) is 0.833. The molecule has 0 saturated carbocycles. The summed E-state index contributed by atoms with van der Waals surface area (Å²) in [5.41, 5.74) is 0. The molecule has 0 aromatic rings. The van der Waals surface area contributed by atoms with Gasteiger partial charge in [0, 0.05) is 20.0 Å². The number of amides is 1. The van der Waals surface area contributed by atoms with E-state index in [4.69, 9.17) is 0 Å². The van der Waals surface area contributed by atoms with E-state index in [0.717, 1.165) is 25.8 Å². The maximum absolute atomic E-state index is 11.4. The molecule has 1 amide bonds.